The molecule has 0 spiro atoms. The number of aromatic hydroxyl groups is 1. The lowest BCUT2D eigenvalue weighted by Crippen LogP contribution is -2.33. The molecule has 0 saturated heterocycles. The van der Waals surface area contributed by atoms with Crippen LogP contribution in [0.4, 0.5) is 0 Å². The third-order valence-corrected chi connectivity index (χ3v) is 6.58. The van der Waals surface area contributed by atoms with Crippen LogP contribution in [-0.4, -0.2) is 37.3 Å². The number of rotatable bonds is 9. The maximum absolute atomic E-state index is 13.9. The van der Waals surface area contributed by atoms with E-state index in [0.29, 0.717) is 25.2 Å². The number of carbonyl (C=O) groups excluding carboxylic acids is 1. The Balaban J connectivity index is 1.93. The number of hydrogen-bond acceptors (Lipinski definition) is 6. The van der Waals surface area contributed by atoms with Crippen molar-refractivity contribution >= 4 is 16.9 Å². The van der Waals surface area contributed by atoms with Crippen LogP contribution in [0.2, 0.25) is 0 Å². The Morgan fingerprint density at radius 3 is 2.57 bits per heavy atom. The van der Waals surface area contributed by atoms with Gasteiger partial charge in [-0.15, -0.1) is 0 Å². The van der Waals surface area contributed by atoms with E-state index in [1.165, 1.54) is 13.2 Å². The maximum Gasteiger partial charge on any atom is 0.306 e. The summed E-state index contributed by atoms with van der Waals surface area (Å²) in [5.41, 5.74) is 1.71. The van der Waals surface area contributed by atoms with Crippen LogP contribution in [0.1, 0.15) is 48.7 Å². The van der Waals surface area contributed by atoms with Crippen LogP contribution in [0, 0.1) is 12.8 Å². The molecule has 1 aromatic carbocycles. The van der Waals surface area contributed by atoms with E-state index in [1.807, 2.05) is 38.1 Å². The first-order valence-electron chi connectivity index (χ1n) is 12.3. The Hall–Kier alpha value is -4.14. The van der Waals surface area contributed by atoms with Crippen molar-refractivity contribution in [3.05, 3.63) is 92.1 Å². The molecule has 0 bridgehead atoms. The molecule has 9 heteroatoms. The third kappa shape index (κ3) is 5.35. The van der Waals surface area contributed by atoms with Crippen molar-refractivity contribution in [3.63, 3.8) is 0 Å². The minimum absolute atomic E-state index is 0.00379. The maximum atomic E-state index is 13.9. The summed E-state index contributed by atoms with van der Waals surface area (Å²) in [4.78, 5) is 47.2. The van der Waals surface area contributed by atoms with E-state index in [2.05, 4.69) is 9.97 Å². The summed E-state index contributed by atoms with van der Waals surface area (Å²) >= 11 is 0. The molecule has 0 fully saturated rings. The summed E-state index contributed by atoms with van der Waals surface area (Å²) in [6.45, 7) is 6.57. The van der Waals surface area contributed by atoms with E-state index < -0.39 is 17.4 Å². The van der Waals surface area contributed by atoms with Gasteiger partial charge in [0.05, 0.1) is 30.9 Å². The number of hydrogen-bond donors (Lipinski definition) is 2. The van der Waals surface area contributed by atoms with E-state index in [0.717, 1.165) is 16.6 Å². The van der Waals surface area contributed by atoms with Crippen LogP contribution in [0.15, 0.2) is 58.5 Å². The van der Waals surface area contributed by atoms with Crippen molar-refractivity contribution in [2.45, 2.75) is 52.6 Å². The highest BCUT2D eigenvalue weighted by Crippen LogP contribution is 2.32. The fourth-order valence-corrected chi connectivity index (χ4v) is 4.79. The quantitative estimate of drug-likeness (QED) is 0.337. The predicted octanol–water partition coefficient (Wildman–Crippen LogP) is 3.49. The Morgan fingerprint density at radius 2 is 1.89 bits per heavy atom. The lowest BCUT2D eigenvalue weighted by Gasteiger charge is -2.22. The molecule has 3 heterocycles. The Kier molecular flexibility index (Phi) is 7.61. The second-order valence-electron chi connectivity index (χ2n) is 9.67. The second-order valence-corrected chi connectivity index (χ2v) is 9.67. The van der Waals surface area contributed by atoms with Gasteiger partial charge in [0.15, 0.2) is 0 Å². The number of H-pyrrole nitrogens is 1. The number of esters is 1. The highest BCUT2D eigenvalue weighted by molar-refractivity contribution is 5.80. The van der Waals surface area contributed by atoms with Crippen LogP contribution >= 0.6 is 0 Å². The molecule has 0 unspecified atom stereocenters. The number of aromatic amines is 1. The molecule has 4 aromatic rings. The van der Waals surface area contributed by atoms with Gasteiger partial charge in [-0.25, -0.2) is 4.98 Å². The number of benzene rings is 1. The van der Waals surface area contributed by atoms with Crippen LogP contribution < -0.4 is 11.1 Å². The van der Waals surface area contributed by atoms with Gasteiger partial charge in [-0.1, -0.05) is 32.0 Å². The minimum Gasteiger partial charge on any atom is -0.507 e. The molecule has 0 aliphatic rings. The molecule has 2 N–H and O–H groups in total. The number of nitrogens with one attached hydrogen (secondary N) is 1. The number of fused-ring (bicyclic) bond motifs is 1. The highest BCUT2D eigenvalue weighted by Gasteiger charge is 2.29. The van der Waals surface area contributed by atoms with E-state index in [1.54, 1.807) is 34.6 Å². The molecule has 0 aliphatic heterocycles. The molecule has 3 aromatic heterocycles. The zero-order valence-corrected chi connectivity index (χ0v) is 21.5. The Labute approximate surface area is 214 Å². The fraction of sp³-hybridized carbons (Fsp3) is 0.357. The van der Waals surface area contributed by atoms with E-state index in [9.17, 15) is 19.5 Å². The first kappa shape index (κ1) is 25.9. The van der Waals surface area contributed by atoms with Crippen molar-refractivity contribution in [1.29, 1.82) is 0 Å². The summed E-state index contributed by atoms with van der Waals surface area (Å²) in [7, 11) is 1.26. The average molecular weight is 505 g/mol. The van der Waals surface area contributed by atoms with Gasteiger partial charge in [0.2, 0.25) is 0 Å². The van der Waals surface area contributed by atoms with Crippen LogP contribution in [0.5, 0.6) is 5.75 Å². The second kappa shape index (κ2) is 10.9. The van der Waals surface area contributed by atoms with Gasteiger partial charge in [-0.05, 0) is 36.4 Å². The van der Waals surface area contributed by atoms with Crippen LogP contribution in [0.3, 0.4) is 0 Å². The number of pyridine rings is 2. The number of methoxy groups -OCH3 is 1. The summed E-state index contributed by atoms with van der Waals surface area (Å²) in [5.74, 6) is -1.65. The molecular formula is C28H32N4O5. The third-order valence-electron chi connectivity index (χ3n) is 6.58. The molecule has 0 radical (unpaired) electrons. The van der Waals surface area contributed by atoms with Gasteiger partial charge in [0.1, 0.15) is 5.75 Å². The van der Waals surface area contributed by atoms with Gasteiger partial charge < -0.3 is 24.0 Å². The highest BCUT2D eigenvalue weighted by atomic mass is 16.5. The summed E-state index contributed by atoms with van der Waals surface area (Å²) < 4.78 is 8.16. The van der Waals surface area contributed by atoms with Gasteiger partial charge in [0, 0.05) is 48.6 Å². The van der Waals surface area contributed by atoms with Crippen LogP contribution in [-0.2, 0) is 29.0 Å². The zero-order chi connectivity index (χ0) is 26.7. The van der Waals surface area contributed by atoms with Crippen molar-refractivity contribution in [1.82, 2.24) is 19.1 Å². The average Bonchev–Trinajstić information content (AvgIpc) is 3.38. The van der Waals surface area contributed by atoms with Crippen molar-refractivity contribution in [2.75, 3.05) is 7.11 Å². The fourth-order valence-electron chi connectivity index (χ4n) is 4.79. The minimum atomic E-state index is -0.991. The number of ether oxygens (including phenoxy) is 1. The molecule has 0 aliphatic carbocycles. The smallest absolute Gasteiger partial charge is 0.306 e. The van der Waals surface area contributed by atoms with Gasteiger partial charge in [0.25, 0.3) is 11.1 Å². The number of imidazole rings is 1. The predicted molar refractivity (Wildman–Crippen MR) is 141 cm³/mol. The first-order valence-corrected chi connectivity index (χ1v) is 12.3. The summed E-state index contributed by atoms with van der Waals surface area (Å²) in [5, 5.41) is 11.8. The number of aromatic nitrogens is 4. The summed E-state index contributed by atoms with van der Waals surface area (Å²) in [6, 6.07) is 10.7. The first-order chi connectivity index (χ1) is 17.7. The molecule has 0 amide bonds. The lowest BCUT2D eigenvalue weighted by molar-refractivity contribution is -0.140. The number of para-hydroxylation sites is 1. The van der Waals surface area contributed by atoms with Crippen molar-refractivity contribution in [2.24, 2.45) is 5.92 Å². The molecular weight excluding hydrogens is 472 g/mol. The number of aryl methyl sites for hydroxylation is 2. The standard InChI is InChI=1S/C28H32N4O5/c1-17(2)15-32-23-8-6-5-7-19(23)12-22(27(32)35)21(13-25(34)37-4)26-24(33)11-18(3)31(28(26)36)10-9-20-14-29-16-30-20/h5-8,11-12,14,16-17,21,33H,9-10,13,15H2,1-4H3,(H,29,30)/t21-/m0/s1. The summed E-state index contributed by atoms with van der Waals surface area (Å²) in [6.07, 6.45) is 3.51. The van der Waals surface area contributed by atoms with E-state index >= 15 is 0 Å². The van der Waals surface area contributed by atoms with Crippen LogP contribution in [0.25, 0.3) is 10.9 Å². The molecule has 9 nitrogen and oxygen atoms in total. The molecule has 0 saturated carbocycles. The zero-order valence-electron chi connectivity index (χ0n) is 21.5. The van der Waals surface area contributed by atoms with Gasteiger partial charge >= 0.3 is 5.97 Å². The largest absolute Gasteiger partial charge is 0.507 e. The van der Waals surface area contributed by atoms with E-state index in [-0.39, 0.29) is 34.8 Å². The normalized spacial score (nSPS) is 12.2. The number of carbonyl (C=O) groups is 1. The van der Waals surface area contributed by atoms with E-state index in [4.69, 9.17) is 4.74 Å². The monoisotopic (exact) mass is 504 g/mol. The molecule has 4 rings (SSSR count). The van der Waals surface area contributed by atoms with Crippen molar-refractivity contribution < 1.29 is 14.6 Å². The SMILES string of the molecule is COC(=O)C[C@H](c1c(O)cc(C)n(CCc2cnc[nH]2)c1=O)c1cc2ccccc2n(CC(C)C)c1=O. The van der Waals surface area contributed by atoms with Gasteiger partial charge in [-0.3, -0.25) is 14.4 Å². The number of nitrogens with zero attached hydrogens (tertiary/aromatic N) is 3. The molecule has 194 valence electrons. The molecule has 1 atom stereocenters. The van der Waals surface area contributed by atoms with Gasteiger partial charge in [-0.2, -0.15) is 0 Å². The van der Waals surface area contributed by atoms with Crippen molar-refractivity contribution in [3.8, 4) is 5.75 Å². The topological polar surface area (TPSA) is 119 Å². The lowest BCUT2D eigenvalue weighted by atomic mass is 9.88. The molecule has 37 heavy (non-hydrogen) atoms. The Bertz CT molecular complexity index is 1530. The Morgan fingerprint density at radius 1 is 1.14 bits per heavy atom.